The second-order valence-corrected chi connectivity index (χ2v) is 7.30. The van der Waals surface area contributed by atoms with Crippen LogP contribution in [0.3, 0.4) is 0 Å². The second kappa shape index (κ2) is 6.62. The van der Waals surface area contributed by atoms with Crippen LogP contribution in [0.4, 0.5) is 10.5 Å². The zero-order chi connectivity index (χ0) is 17.2. The van der Waals surface area contributed by atoms with Crippen molar-refractivity contribution in [2.45, 2.75) is 17.9 Å². The molecular weight excluding hydrogens is 328 g/mol. The van der Waals surface area contributed by atoms with Crippen LogP contribution in [0.2, 0.25) is 0 Å². The summed E-state index contributed by atoms with van der Waals surface area (Å²) in [6, 6.07) is 15.9. The van der Waals surface area contributed by atoms with Crippen molar-refractivity contribution in [2.75, 3.05) is 18.0 Å². The summed E-state index contributed by atoms with van der Waals surface area (Å²) in [5.74, 6) is 0. The first-order valence-corrected chi connectivity index (χ1v) is 9.04. The molecular formula is C17H18N2O4S. The maximum Gasteiger partial charge on any atom is 0.414 e. The van der Waals surface area contributed by atoms with Crippen LogP contribution < -0.4 is 9.62 Å². The van der Waals surface area contributed by atoms with E-state index in [9.17, 15) is 13.2 Å². The van der Waals surface area contributed by atoms with Gasteiger partial charge in [-0.2, -0.15) is 0 Å². The zero-order valence-corrected chi connectivity index (χ0v) is 14.0. The number of carbonyl (C=O) groups is 1. The Bertz CT molecular complexity index is 837. The minimum atomic E-state index is -3.64. The number of hydrogen-bond acceptors (Lipinski definition) is 4. The highest BCUT2D eigenvalue weighted by Crippen LogP contribution is 2.21. The molecule has 1 N–H and O–H groups in total. The molecule has 1 amide bonds. The SMILES string of the molecule is Cc1ccccc1S(=O)(=O)NCC1CN(c2ccccc2)C(=O)O1. The van der Waals surface area contributed by atoms with Crippen molar-refractivity contribution in [1.29, 1.82) is 0 Å². The summed E-state index contributed by atoms with van der Waals surface area (Å²) >= 11 is 0. The number of anilines is 1. The van der Waals surface area contributed by atoms with E-state index in [2.05, 4.69) is 4.72 Å². The van der Waals surface area contributed by atoms with E-state index < -0.39 is 22.2 Å². The first-order chi connectivity index (χ1) is 11.5. The van der Waals surface area contributed by atoms with Crippen LogP contribution in [0.15, 0.2) is 59.5 Å². The molecule has 1 heterocycles. The predicted molar refractivity (Wildman–Crippen MR) is 90.4 cm³/mol. The van der Waals surface area contributed by atoms with Gasteiger partial charge >= 0.3 is 6.09 Å². The number of ether oxygens (including phenoxy) is 1. The van der Waals surface area contributed by atoms with Gasteiger partial charge in [0.2, 0.25) is 10.0 Å². The molecule has 1 atom stereocenters. The maximum atomic E-state index is 12.4. The van der Waals surface area contributed by atoms with Crippen LogP contribution in [0.5, 0.6) is 0 Å². The third-order valence-corrected chi connectivity index (χ3v) is 5.41. The zero-order valence-electron chi connectivity index (χ0n) is 13.2. The Morgan fingerprint density at radius 1 is 1.12 bits per heavy atom. The monoisotopic (exact) mass is 346 g/mol. The average Bonchev–Trinajstić information content (AvgIpc) is 2.95. The lowest BCUT2D eigenvalue weighted by molar-refractivity contribution is 0.143. The maximum absolute atomic E-state index is 12.4. The van der Waals surface area contributed by atoms with Crippen LogP contribution in [0.1, 0.15) is 5.56 Å². The van der Waals surface area contributed by atoms with Crippen molar-refractivity contribution in [3.8, 4) is 0 Å². The quantitative estimate of drug-likeness (QED) is 0.901. The predicted octanol–water partition coefficient (Wildman–Crippen LogP) is 2.30. The number of hydrogen-bond donors (Lipinski definition) is 1. The first kappa shape index (κ1) is 16.5. The second-order valence-electron chi connectivity index (χ2n) is 5.57. The average molecular weight is 346 g/mol. The normalized spacial score (nSPS) is 17.8. The smallest absolute Gasteiger partial charge is 0.414 e. The molecule has 0 bridgehead atoms. The summed E-state index contributed by atoms with van der Waals surface area (Å²) in [7, 11) is -3.64. The topological polar surface area (TPSA) is 75.7 Å². The van der Waals surface area contributed by atoms with Gasteiger partial charge in [-0.3, -0.25) is 4.90 Å². The third-order valence-electron chi connectivity index (χ3n) is 3.83. The molecule has 1 unspecified atom stereocenters. The Hall–Kier alpha value is -2.38. The molecule has 0 radical (unpaired) electrons. The molecule has 0 spiro atoms. The molecule has 0 aromatic heterocycles. The molecule has 0 aliphatic carbocycles. The van der Waals surface area contributed by atoms with Crippen LogP contribution in [0, 0.1) is 6.92 Å². The lowest BCUT2D eigenvalue weighted by Crippen LogP contribution is -2.34. The Morgan fingerprint density at radius 3 is 2.50 bits per heavy atom. The molecule has 0 saturated carbocycles. The molecule has 7 heteroatoms. The van der Waals surface area contributed by atoms with Gasteiger partial charge in [0.05, 0.1) is 11.4 Å². The van der Waals surface area contributed by atoms with E-state index in [1.807, 2.05) is 18.2 Å². The summed E-state index contributed by atoms with van der Waals surface area (Å²) in [6.07, 6.45) is -1.00. The molecule has 1 aliphatic heterocycles. The summed E-state index contributed by atoms with van der Waals surface area (Å²) in [6.45, 7) is 2.08. The number of carbonyl (C=O) groups excluding carboxylic acids is 1. The van der Waals surface area contributed by atoms with Crippen LogP contribution in [-0.2, 0) is 14.8 Å². The Balaban J connectivity index is 1.66. The standard InChI is InChI=1S/C17H18N2O4S/c1-13-7-5-6-10-16(13)24(21,22)18-11-15-12-19(17(20)23-15)14-8-3-2-4-9-14/h2-10,15,18H,11-12H2,1H3. The summed E-state index contributed by atoms with van der Waals surface area (Å²) in [5.41, 5.74) is 1.39. The minimum Gasteiger partial charge on any atom is -0.443 e. The van der Waals surface area contributed by atoms with Gasteiger partial charge in [0.25, 0.3) is 0 Å². The molecule has 126 valence electrons. The molecule has 6 nitrogen and oxygen atoms in total. The van der Waals surface area contributed by atoms with Crippen molar-refractivity contribution >= 4 is 21.8 Å². The van der Waals surface area contributed by atoms with Gasteiger partial charge in [0.1, 0.15) is 6.10 Å². The molecule has 2 aromatic carbocycles. The Labute approximate surface area is 141 Å². The largest absolute Gasteiger partial charge is 0.443 e. The summed E-state index contributed by atoms with van der Waals surface area (Å²) in [4.78, 5) is 13.7. The fraction of sp³-hybridized carbons (Fsp3) is 0.235. The number of aryl methyl sites for hydroxylation is 1. The highest BCUT2D eigenvalue weighted by atomic mass is 32.2. The van der Waals surface area contributed by atoms with E-state index in [1.165, 1.54) is 4.90 Å². The van der Waals surface area contributed by atoms with E-state index in [4.69, 9.17) is 4.74 Å². The van der Waals surface area contributed by atoms with Gasteiger partial charge < -0.3 is 4.74 Å². The number of nitrogens with zero attached hydrogens (tertiary/aromatic N) is 1. The van der Waals surface area contributed by atoms with Gasteiger partial charge in [0, 0.05) is 12.2 Å². The Kier molecular flexibility index (Phi) is 4.55. The van der Waals surface area contributed by atoms with Gasteiger partial charge in [-0.15, -0.1) is 0 Å². The lowest BCUT2D eigenvalue weighted by Gasteiger charge is -2.13. The number of cyclic esters (lactones) is 1. The van der Waals surface area contributed by atoms with E-state index in [0.29, 0.717) is 12.1 Å². The first-order valence-electron chi connectivity index (χ1n) is 7.56. The highest BCUT2D eigenvalue weighted by molar-refractivity contribution is 7.89. The number of rotatable bonds is 5. The number of para-hydroxylation sites is 1. The van der Waals surface area contributed by atoms with Gasteiger partial charge in [-0.05, 0) is 30.7 Å². The minimum absolute atomic E-state index is 0.0335. The summed E-state index contributed by atoms with van der Waals surface area (Å²) in [5, 5.41) is 0. The van der Waals surface area contributed by atoms with Crippen LogP contribution in [0.25, 0.3) is 0 Å². The van der Waals surface area contributed by atoms with Gasteiger partial charge in [0.15, 0.2) is 0 Å². The molecule has 24 heavy (non-hydrogen) atoms. The van der Waals surface area contributed by atoms with Gasteiger partial charge in [-0.1, -0.05) is 36.4 Å². The molecule has 1 saturated heterocycles. The number of nitrogens with one attached hydrogen (secondary N) is 1. The fourth-order valence-electron chi connectivity index (χ4n) is 2.58. The van der Waals surface area contributed by atoms with Gasteiger partial charge in [-0.25, -0.2) is 17.9 Å². The Morgan fingerprint density at radius 2 is 1.79 bits per heavy atom. The van der Waals surface area contributed by atoms with E-state index in [0.717, 1.165) is 5.69 Å². The van der Waals surface area contributed by atoms with Crippen molar-refractivity contribution in [3.63, 3.8) is 0 Å². The van der Waals surface area contributed by atoms with Crippen LogP contribution >= 0.6 is 0 Å². The molecule has 2 aromatic rings. The molecule has 1 fully saturated rings. The van der Waals surface area contributed by atoms with E-state index in [1.54, 1.807) is 43.3 Å². The van der Waals surface area contributed by atoms with E-state index >= 15 is 0 Å². The van der Waals surface area contributed by atoms with Crippen molar-refractivity contribution in [2.24, 2.45) is 0 Å². The van der Waals surface area contributed by atoms with Crippen molar-refractivity contribution < 1.29 is 17.9 Å². The molecule has 3 rings (SSSR count). The number of benzene rings is 2. The fourth-order valence-corrected chi connectivity index (χ4v) is 3.90. The highest BCUT2D eigenvalue weighted by Gasteiger charge is 2.33. The lowest BCUT2D eigenvalue weighted by atomic mass is 10.2. The van der Waals surface area contributed by atoms with Crippen molar-refractivity contribution in [1.82, 2.24) is 4.72 Å². The van der Waals surface area contributed by atoms with E-state index in [-0.39, 0.29) is 11.4 Å². The van der Waals surface area contributed by atoms with Crippen LogP contribution in [-0.4, -0.2) is 33.7 Å². The number of sulfonamides is 1. The van der Waals surface area contributed by atoms with Crippen molar-refractivity contribution in [3.05, 3.63) is 60.2 Å². The summed E-state index contributed by atoms with van der Waals surface area (Å²) < 4.78 is 32.5. The molecule has 1 aliphatic rings. The third kappa shape index (κ3) is 3.42. The number of amides is 1.